The van der Waals surface area contributed by atoms with Crippen molar-refractivity contribution in [2.45, 2.75) is 67.3 Å². The van der Waals surface area contributed by atoms with Gasteiger partial charge in [0.25, 0.3) is 0 Å². The molecule has 0 bridgehead atoms. The van der Waals surface area contributed by atoms with Crippen molar-refractivity contribution in [3.8, 4) is 0 Å². The van der Waals surface area contributed by atoms with Gasteiger partial charge in [0.2, 0.25) is 0 Å². The number of aryl methyl sites for hydroxylation is 1. The number of nitrogens with two attached hydrogens (primary N) is 1. The fourth-order valence-corrected chi connectivity index (χ4v) is 4.54. The second-order valence-corrected chi connectivity index (χ2v) is 9.30. The summed E-state index contributed by atoms with van der Waals surface area (Å²) in [6.45, 7) is 24.5. The van der Waals surface area contributed by atoms with Crippen LogP contribution in [0.3, 0.4) is 0 Å². The highest BCUT2D eigenvalue weighted by atomic mass is 35.5. The second-order valence-electron chi connectivity index (χ2n) is 7.60. The Balaban J connectivity index is 0. The van der Waals surface area contributed by atoms with Crippen molar-refractivity contribution in [1.29, 1.82) is 0 Å². The molecule has 0 spiro atoms. The lowest BCUT2D eigenvalue weighted by Crippen LogP contribution is -2.25. The van der Waals surface area contributed by atoms with Gasteiger partial charge < -0.3 is 5.73 Å². The summed E-state index contributed by atoms with van der Waals surface area (Å²) in [6.07, 6.45) is 16.8. The molecule has 0 amide bonds. The first-order chi connectivity index (χ1) is 18.5. The van der Waals surface area contributed by atoms with Crippen molar-refractivity contribution in [3.05, 3.63) is 113 Å². The van der Waals surface area contributed by atoms with E-state index < -0.39 is 0 Å². The molecule has 3 rings (SSSR count). The maximum atomic E-state index is 12.9. The van der Waals surface area contributed by atoms with Crippen molar-refractivity contribution in [2.75, 3.05) is 18.8 Å². The lowest BCUT2D eigenvalue weighted by atomic mass is 10.00. The maximum Gasteiger partial charge on any atom is 0.170 e. The number of benzene rings is 1. The predicted molar refractivity (Wildman–Crippen MR) is 175 cm³/mol. The van der Waals surface area contributed by atoms with Gasteiger partial charge in [0.1, 0.15) is 0 Å². The predicted octanol–water partition coefficient (Wildman–Crippen LogP) is 10.0. The van der Waals surface area contributed by atoms with Gasteiger partial charge in [0.05, 0.1) is 10.6 Å². The number of ketones is 1. The molecular weight excluding hydrogens is 508 g/mol. The van der Waals surface area contributed by atoms with Crippen LogP contribution in [0.5, 0.6) is 0 Å². The molecule has 3 nitrogen and oxygen atoms in total. The van der Waals surface area contributed by atoms with E-state index in [1.165, 1.54) is 11.3 Å². The number of halogens is 1. The lowest BCUT2D eigenvalue weighted by Gasteiger charge is -2.20. The van der Waals surface area contributed by atoms with E-state index in [1.807, 2.05) is 65.0 Å². The lowest BCUT2D eigenvalue weighted by molar-refractivity contribution is 0.0992. The molecule has 38 heavy (non-hydrogen) atoms. The quantitative estimate of drug-likeness (QED) is 0.247. The van der Waals surface area contributed by atoms with E-state index in [2.05, 4.69) is 55.9 Å². The average molecular weight is 557 g/mol. The van der Waals surface area contributed by atoms with E-state index in [-0.39, 0.29) is 5.78 Å². The summed E-state index contributed by atoms with van der Waals surface area (Å²) in [5.74, 6) is 0.0641. The summed E-state index contributed by atoms with van der Waals surface area (Å²) in [5, 5.41) is 1.28. The van der Waals surface area contributed by atoms with E-state index in [0.717, 1.165) is 48.5 Å². The largest absolute Gasteiger partial charge is 0.390 e. The fraction of sp³-hybridized carbons (Fsp3) is 0.364. The Hall–Kier alpha value is -2.66. The van der Waals surface area contributed by atoms with E-state index in [9.17, 15) is 4.79 Å². The summed E-state index contributed by atoms with van der Waals surface area (Å²) in [7, 11) is 0. The molecule has 1 aromatic heterocycles. The van der Waals surface area contributed by atoms with Crippen LogP contribution in [0.15, 0.2) is 86.5 Å². The van der Waals surface area contributed by atoms with Crippen LogP contribution in [0.25, 0.3) is 0 Å². The highest BCUT2D eigenvalue weighted by molar-refractivity contribution is 7.16. The summed E-state index contributed by atoms with van der Waals surface area (Å²) in [4.78, 5) is 16.3. The minimum atomic E-state index is 0.0641. The fourth-order valence-electron chi connectivity index (χ4n) is 3.45. The van der Waals surface area contributed by atoms with Crippen LogP contribution in [0.2, 0.25) is 5.02 Å². The maximum absolute atomic E-state index is 12.9. The van der Waals surface area contributed by atoms with Gasteiger partial charge in [-0.05, 0) is 49.6 Å². The van der Waals surface area contributed by atoms with E-state index >= 15 is 0 Å². The van der Waals surface area contributed by atoms with Gasteiger partial charge >= 0.3 is 0 Å². The first kappa shape index (κ1) is 37.5. The molecule has 1 aliphatic rings. The molecule has 2 N–H and O–H groups in total. The Bertz CT molecular complexity index is 973. The molecule has 0 fully saturated rings. The highest BCUT2D eigenvalue weighted by Crippen LogP contribution is 2.32. The number of Topliss-reactive ketones (excluding diaryl/α,β-unsaturated/α-hetero) is 1. The minimum absolute atomic E-state index is 0.0641. The second kappa shape index (κ2) is 24.7. The molecule has 0 aliphatic heterocycles. The van der Waals surface area contributed by atoms with Gasteiger partial charge in [0.15, 0.2) is 5.78 Å². The Morgan fingerprint density at radius 1 is 1.05 bits per heavy atom. The zero-order valence-electron chi connectivity index (χ0n) is 24.4. The van der Waals surface area contributed by atoms with Crippen molar-refractivity contribution in [1.82, 2.24) is 4.90 Å². The Morgan fingerprint density at radius 2 is 1.61 bits per heavy atom. The molecule has 1 aromatic carbocycles. The standard InChI is InChI=1S/C20H25ClN2OS.C7H8.2C2H6.C2H4/c1-4-10-23(11-5-2)13-17-14(3)25-20(22)19(17)18(24)12-15-6-8-16(21)9-7-15;1-2-4-6-7-5-3-1;3*1-2/h4,6-9H,1,5,10-13,22H2,2-3H3;1-6H,7H2;2*1-2H3;1-2H2. The zero-order valence-corrected chi connectivity index (χ0v) is 26.0. The van der Waals surface area contributed by atoms with Gasteiger partial charge in [-0.25, -0.2) is 0 Å². The van der Waals surface area contributed by atoms with E-state index in [0.29, 0.717) is 22.0 Å². The third-order valence-electron chi connectivity index (χ3n) is 4.98. The molecule has 0 atom stereocenters. The van der Waals surface area contributed by atoms with Crippen LogP contribution < -0.4 is 5.73 Å². The highest BCUT2D eigenvalue weighted by Gasteiger charge is 2.22. The van der Waals surface area contributed by atoms with Gasteiger partial charge in [-0.3, -0.25) is 9.69 Å². The molecule has 210 valence electrons. The first-order valence-electron chi connectivity index (χ1n) is 13.4. The van der Waals surface area contributed by atoms with Gasteiger partial charge in [-0.1, -0.05) is 101 Å². The monoisotopic (exact) mass is 556 g/mol. The van der Waals surface area contributed by atoms with Crippen LogP contribution in [0.4, 0.5) is 5.00 Å². The normalized spacial score (nSPS) is 10.8. The van der Waals surface area contributed by atoms with Gasteiger partial charge in [0, 0.05) is 29.4 Å². The minimum Gasteiger partial charge on any atom is -0.390 e. The number of carbonyl (C=O) groups is 1. The van der Waals surface area contributed by atoms with Crippen molar-refractivity contribution in [2.24, 2.45) is 0 Å². The number of anilines is 1. The van der Waals surface area contributed by atoms with Crippen LogP contribution in [0.1, 0.15) is 73.8 Å². The van der Waals surface area contributed by atoms with Crippen LogP contribution in [0, 0.1) is 6.92 Å². The topological polar surface area (TPSA) is 46.3 Å². The van der Waals surface area contributed by atoms with Crippen LogP contribution in [-0.2, 0) is 13.0 Å². The number of allylic oxidation sites excluding steroid dienone is 6. The summed E-state index contributed by atoms with van der Waals surface area (Å²) >= 11 is 7.42. The van der Waals surface area contributed by atoms with Crippen LogP contribution >= 0.6 is 22.9 Å². The Morgan fingerprint density at radius 3 is 2.11 bits per heavy atom. The molecule has 5 heteroatoms. The molecule has 1 aliphatic carbocycles. The van der Waals surface area contributed by atoms with E-state index in [1.54, 1.807) is 12.1 Å². The molecule has 0 saturated carbocycles. The number of thiophene rings is 1. The number of hydrogen-bond donors (Lipinski definition) is 1. The van der Waals surface area contributed by atoms with Gasteiger partial charge in [-0.15, -0.1) is 31.1 Å². The number of carbonyl (C=O) groups excluding carboxylic acids is 1. The molecular formula is C33H49ClN2OS. The first-order valence-corrected chi connectivity index (χ1v) is 14.6. The average Bonchev–Trinajstić information content (AvgIpc) is 3.12. The molecule has 0 saturated heterocycles. The Labute approximate surface area is 242 Å². The molecule has 0 unspecified atom stereocenters. The molecule has 0 radical (unpaired) electrons. The van der Waals surface area contributed by atoms with Crippen molar-refractivity contribution < 1.29 is 4.79 Å². The molecule has 1 heterocycles. The third kappa shape index (κ3) is 14.9. The summed E-state index contributed by atoms with van der Waals surface area (Å²) < 4.78 is 0. The number of rotatable bonds is 9. The van der Waals surface area contributed by atoms with Crippen molar-refractivity contribution in [3.63, 3.8) is 0 Å². The zero-order chi connectivity index (χ0) is 29.3. The van der Waals surface area contributed by atoms with E-state index in [4.69, 9.17) is 17.3 Å². The number of nitrogen functional groups attached to an aromatic ring is 1. The summed E-state index contributed by atoms with van der Waals surface area (Å²) in [6, 6.07) is 7.38. The third-order valence-corrected chi connectivity index (χ3v) is 6.21. The van der Waals surface area contributed by atoms with Gasteiger partial charge in [-0.2, -0.15) is 0 Å². The van der Waals surface area contributed by atoms with Crippen molar-refractivity contribution >= 4 is 33.7 Å². The molecule has 2 aromatic rings. The smallest absolute Gasteiger partial charge is 0.170 e. The SMILES string of the molecule is C1=CC=CCC=C1.C=C.C=CCN(CCC)Cc1c(C)sc(N)c1C(=O)Cc1ccc(Cl)cc1.CC.CC. The Kier molecular flexibility index (Phi) is 24.3. The number of hydrogen-bond acceptors (Lipinski definition) is 4. The number of nitrogens with zero attached hydrogens (tertiary/aromatic N) is 1. The van der Waals surface area contributed by atoms with Crippen LogP contribution in [-0.4, -0.2) is 23.8 Å². The summed E-state index contributed by atoms with van der Waals surface area (Å²) in [5.41, 5.74) is 8.86.